The van der Waals surface area contributed by atoms with Crippen molar-refractivity contribution in [2.24, 2.45) is 13.0 Å². The van der Waals surface area contributed by atoms with Crippen LogP contribution < -0.4 is 0 Å². The summed E-state index contributed by atoms with van der Waals surface area (Å²) in [5.41, 5.74) is 5.00. The maximum atomic E-state index is 12.8. The van der Waals surface area contributed by atoms with Crippen LogP contribution in [-0.4, -0.2) is 64.6 Å². The van der Waals surface area contributed by atoms with Crippen molar-refractivity contribution in [3.05, 3.63) is 61.4 Å². The van der Waals surface area contributed by atoms with E-state index in [9.17, 15) is 9.90 Å². The molecule has 1 aliphatic carbocycles. The Morgan fingerprint density at radius 2 is 1.59 bits per heavy atom. The summed E-state index contributed by atoms with van der Waals surface area (Å²) >= 11 is 0. The molecule has 0 radical (unpaired) electrons. The number of aliphatic hydroxyl groups is 1. The first-order valence-corrected chi connectivity index (χ1v) is 13.0. The minimum absolute atomic E-state index is 0.0641. The van der Waals surface area contributed by atoms with Gasteiger partial charge in [-0.25, -0.2) is 9.97 Å². The van der Waals surface area contributed by atoms with Gasteiger partial charge in [0.25, 0.3) is 0 Å². The Labute approximate surface area is 215 Å². The zero-order valence-corrected chi connectivity index (χ0v) is 20.9. The molecule has 0 spiro atoms. The number of carbonyl (C=O) groups is 1. The van der Waals surface area contributed by atoms with E-state index in [4.69, 9.17) is 0 Å². The summed E-state index contributed by atoms with van der Waals surface area (Å²) in [6.07, 6.45) is 15.4. The van der Waals surface area contributed by atoms with Gasteiger partial charge in [-0.15, -0.1) is 0 Å². The Hall–Kier alpha value is -3.85. The first-order valence-electron chi connectivity index (χ1n) is 13.0. The van der Waals surface area contributed by atoms with Gasteiger partial charge in [-0.05, 0) is 43.7 Å². The molecule has 3 aromatic heterocycles. The molecular formula is C28H31N7O2. The smallest absolute Gasteiger partial charge is 0.225 e. The van der Waals surface area contributed by atoms with Gasteiger partial charge < -0.3 is 10.0 Å². The molecular weight excluding hydrogens is 466 g/mol. The van der Waals surface area contributed by atoms with E-state index in [0.717, 1.165) is 53.5 Å². The molecule has 4 heterocycles. The van der Waals surface area contributed by atoms with Crippen LogP contribution in [0.4, 0.5) is 0 Å². The zero-order chi connectivity index (χ0) is 25.4. The highest BCUT2D eigenvalue weighted by atomic mass is 16.3. The van der Waals surface area contributed by atoms with Crippen LogP contribution in [0.25, 0.3) is 33.6 Å². The van der Waals surface area contributed by atoms with Gasteiger partial charge in [-0.2, -0.15) is 10.2 Å². The first-order chi connectivity index (χ1) is 18.0. The van der Waals surface area contributed by atoms with Gasteiger partial charge in [0, 0.05) is 73.1 Å². The van der Waals surface area contributed by atoms with Crippen LogP contribution in [0.15, 0.2) is 61.4 Å². The number of hydrogen-bond acceptors (Lipinski definition) is 6. The third kappa shape index (κ3) is 4.91. The molecule has 4 aromatic rings. The average Bonchev–Trinajstić information content (AvgIpc) is 3.70. The van der Waals surface area contributed by atoms with E-state index in [0.29, 0.717) is 25.3 Å². The van der Waals surface area contributed by atoms with E-state index >= 15 is 0 Å². The van der Waals surface area contributed by atoms with E-state index < -0.39 is 0 Å². The number of β-amino-alcohol motifs (C(OH)–C–C–N with tert-alkyl or cyclic N) is 1. The van der Waals surface area contributed by atoms with Gasteiger partial charge in [0.1, 0.15) is 0 Å². The topological polar surface area (TPSA) is 102 Å². The Balaban J connectivity index is 1.10. The molecule has 1 atom stereocenters. The molecule has 37 heavy (non-hydrogen) atoms. The second-order valence-electron chi connectivity index (χ2n) is 10.2. The second kappa shape index (κ2) is 9.89. The van der Waals surface area contributed by atoms with Gasteiger partial charge >= 0.3 is 0 Å². The lowest BCUT2D eigenvalue weighted by Gasteiger charge is -2.30. The fraction of sp³-hybridized carbons (Fsp3) is 0.393. The number of aromatic nitrogens is 6. The van der Waals surface area contributed by atoms with Crippen LogP contribution in [0, 0.1) is 5.92 Å². The van der Waals surface area contributed by atoms with E-state index in [2.05, 4.69) is 38.5 Å². The van der Waals surface area contributed by atoms with Crippen molar-refractivity contribution in [2.45, 2.75) is 44.2 Å². The molecule has 1 N–H and O–H groups in total. The van der Waals surface area contributed by atoms with Crippen molar-refractivity contribution in [1.82, 2.24) is 34.4 Å². The van der Waals surface area contributed by atoms with Crippen LogP contribution in [0.5, 0.6) is 0 Å². The second-order valence-corrected chi connectivity index (χ2v) is 10.2. The first kappa shape index (κ1) is 23.5. The lowest BCUT2D eigenvalue weighted by molar-refractivity contribution is -0.136. The van der Waals surface area contributed by atoms with Gasteiger partial charge in [0.05, 0.1) is 24.5 Å². The molecule has 190 valence electrons. The lowest BCUT2D eigenvalue weighted by atomic mass is 9.85. The Kier molecular flexibility index (Phi) is 6.30. The highest BCUT2D eigenvalue weighted by molar-refractivity contribution is 5.79. The quantitative estimate of drug-likeness (QED) is 0.451. The highest BCUT2D eigenvalue weighted by Crippen LogP contribution is 2.34. The number of aliphatic hydroxyl groups excluding tert-OH is 1. The summed E-state index contributed by atoms with van der Waals surface area (Å²) in [6, 6.07) is 8.45. The number of carbonyl (C=O) groups excluding carboxylic acids is 1. The lowest BCUT2D eigenvalue weighted by Crippen LogP contribution is -2.37. The maximum Gasteiger partial charge on any atom is 0.225 e. The highest BCUT2D eigenvalue weighted by Gasteiger charge is 2.33. The number of amides is 1. The van der Waals surface area contributed by atoms with E-state index in [-0.39, 0.29) is 24.0 Å². The maximum absolute atomic E-state index is 12.8. The summed E-state index contributed by atoms with van der Waals surface area (Å²) in [6.45, 7) is 1.16. The Morgan fingerprint density at radius 3 is 2.30 bits per heavy atom. The number of aryl methyl sites for hydroxylation is 1. The normalized spacial score (nSPS) is 21.9. The predicted octanol–water partition coefficient (Wildman–Crippen LogP) is 3.73. The molecule has 6 rings (SSSR count). The van der Waals surface area contributed by atoms with Gasteiger partial charge in [0.15, 0.2) is 5.82 Å². The molecule has 2 aliphatic rings. The Bertz CT molecular complexity index is 1390. The average molecular weight is 498 g/mol. The minimum Gasteiger partial charge on any atom is -0.391 e. The van der Waals surface area contributed by atoms with Crippen molar-refractivity contribution in [1.29, 1.82) is 0 Å². The van der Waals surface area contributed by atoms with Crippen molar-refractivity contribution in [3.63, 3.8) is 0 Å². The van der Waals surface area contributed by atoms with E-state index in [1.165, 1.54) is 0 Å². The molecule has 1 aliphatic heterocycles. The Morgan fingerprint density at radius 1 is 0.865 bits per heavy atom. The summed E-state index contributed by atoms with van der Waals surface area (Å²) in [4.78, 5) is 23.9. The molecule has 9 heteroatoms. The third-order valence-electron chi connectivity index (χ3n) is 7.64. The summed E-state index contributed by atoms with van der Waals surface area (Å²) in [5.74, 6) is 0.948. The van der Waals surface area contributed by atoms with Gasteiger partial charge in [0.2, 0.25) is 5.91 Å². The van der Waals surface area contributed by atoms with Crippen molar-refractivity contribution >= 4 is 5.91 Å². The predicted molar refractivity (Wildman–Crippen MR) is 139 cm³/mol. The standard InChI is InChI=1S/C28H31N7O2/c1-33-16-23(14-31-33)20-3-2-4-21(11-20)27-29-12-22(13-30-27)24-15-32-35(17-24)25-7-5-19(6-8-25)28(37)34-10-9-26(36)18-34/h2-4,11-17,19,25-26,36H,5-10,18H2,1H3/t19?,25?,26-/m0/s1. The largest absolute Gasteiger partial charge is 0.391 e. The fourth-order valence-corrected chi connectivity index (χ4v) is 5.51. The number of rotatable bonds is 5. The van der Waals surface area contributed by atoms with Gasteiger partial charge in [-0.1, -0.05) is 18.2 Å². The van der Waals surface area contributed by atoms with E-state index in [1.807, 2.05) is 59.7 Å². The molecule has 9 nitrogen and oxygen atoms in total. The molecule has 1 saturated carbocycles. The molecule has 0 bridgehead atoms. The molecule has 0 unspecified atom stereocenters. The van der Waals surface area contributed by atoms with E-state index in [1.54, 1.807) is 4.68 Å². The fourth-order valence-electron chi connectivity index (χ4n) is 5.51. The summed E-state index contributed by atoms with van der Waals surface area (Å²) in [5, 5.41) is 18.6. The summed E-state index contributed by atoms with van der Waals surface area (Å²) in [7, 11) is 1.91. The molecule has 1 aromatic carbocycles. The zero-order valence-electron chi connectivity index (χ0n) is 20.9. The van der Waals surface area contributed by atoms with Crippen LogP contribution >= 0.6 is 0 Å². The monoisotopic (exact) mass is 497 g/mol. The van der Waals surface area contributed by atoms with Crippen LogP contribution in [0.1, 0.15) is 38.1 Å². The summed E-state index contributed by atoms with van der Waals surface area (Å²) < 4.78 is 3.82. The molecule has 2 fully saturated rings. The van der Waals surface area contributed by atoms with Crippen molar-refractivity contribution in [2.75, 3.05) is 13.1 Å². The van der Waals surface area contributed by atoms with Crippen LogP contribution in [-0.2, 0) is 11.8 Å². The van der Waals surface area contributed by atoms with Crippen molar-refractivity contribution in [3.8, 4) is 33.6 Å². The molecule has 1 amide bonds. The number of benzene rings is 1. The number of hydrogen-bond donors (Lipinski definition) is 1. The third-order valence-corrected chi connectivity index (χ3v) is 7.64. The molecule has 1 saturated heterocycles. The van der Waals surface area contributed by atoms with Crippen LogP contribution in [0.2, 0.25) is 0 Å². The minimum atomic E-state index is -0.363. The number of nitrogens with zero attached hydrogens (tertiary/aromatic N) is 7. The SMILES string of the molecule is Cn1cc(-c2cccc(-c3ncc(-c4cnn(C5CCC(C(=O)N6CC[C@H](O)C6)CC5)c4)cn3)c2)cn1. The van der Waals surface area contributed by atoms with Crippen LogP contribution in [0.3, 0.4) is 0 Å². The number of likely N-dealkylation sites (tertiary alicyclic amines) is 1. The van der Waals surface area contributed by atoms with Crippen molar-refractivity contribution < 1.29 is 9.90 Å². The van der Waals surface area contributed by atoms with Gasteiger partial charge in [-0.3, -0.25) is 14.2 Å².